The molecule has 0 heterocycles. The van der Waals surface area contributed by atoms with Crippen molar-refractivity contribution in [3.8, 4) is 0 Å². The first-order valence-corrected chi connectivity index (χ1v) is 1.78. The maximum Gasteiger partial charge on any atom is 1.00 e. The Morgan fingerprint density at radius 2 is 1.27 bits per heavy atom. The molecule has 2 N–H and O–H groups in total. The summed E-state index contributed by atoms with van der Waals surface area (Å²) in [7, 11) is -3.42. The first-order valence-electron chi connectivity index (χ1n) is 1.78. The van der Waals surface area contributed by atoms with Crippen LogP contribution in [0.5, 0.6) is 0 Å². The minimum Gasteiger partial charge on any atom is -0.824 e. The second-order valence-electron chi connectivity index (χ2n) is 0.871. The largest absolute Gasteiger partial charge is 1.00 e. The topological polar surface area (TPSA) is 97.7 Å². The van der Waals surface area contributed by atoms with Gasteiger partial charge in [-0.3, -0.25) is 0 Å². The van der Waals surface area contributed by atoms with Crippen LogP contribution < -0.4 is 34.6 Å². The van der Waals surface area contributed by atoms with Crippen LogP contribution in [0.3, 0.4) is 0 Å². The van der Waals surface area contributed by atoms with Crippen molar-refractivity contribution in [3.63, 3.8) is 0 Å². The SMILES string of the molecule is O=C(O)C(=O)O.[Na+].[O-]B(F)F. The van der Waals surface area contributed by atoms with Gasteiger partial charge in [0.25, 0.3) is 0 Å². The fraction of sp³-hybridized carbons (Fsp3) is 0. The molecule has 9 heteroatoms. The molecule has 0 aromatic heterocycles. The van der Waals surface area contributed by atoms with Crippen LogP contribution in [0.25, 0.3) is 0 Å². The van der Waals surface area contributed by atoms with Crippen molar-refractivity contribution in [2.45, 2.75) is 0 Å². The van der Waals surface area contributed by atoms with Crippen molar-refractivity contribution < 1.29 is 63.0 Å². The van der Waals surface area contributed by atoms with Crippen LogP contribution in [0.2, 0.25) is 0 Å². The summed E-state index contributed by atoms with van der Waals surface area (Å²) < 4.78 is 19.6. The smallest absolute Gasteiger partial charge is 0.824 e. The molecule has 0 saturated carbocycles. The summed E-state index contributed by atoms with van der Waals surface area (Å²) in [5.74, 6) is -3.65. The van der Waals surface area contributed by atoms with E-state index in [-0.39, 0.29) is 29.6 Å². The minimum atomic E-state index is -3.42. The van der Waals surface area contributed by atoms with Crippen LogP contribution in [-0.4, -0.2) is 29.6 Å². The fourth-order valence-electron chi connectivity index (χ4n) is 0. The van der Waals surface area contributed by atoms with Gasteiger partial charge >= 0.3 is 49.0 Å². The van der Waals surface area contributed by atoms with E-state index in [1.54, 1.807) is 0 Å². The normalized spacial score (nSPS) is 6.45. The van der Waals surface area contributed by atoms with Gasteiger partial charge in [-0.2, -0.15) is 0 Å². The molecule has 0 aliphatic heterocycles. The van der Waals surface area contributed by atoms with Gasteiger partial charge in [-0.25, -0.2) is 9.59 Å². The average molecular weight is 178 g/mol. The quantitative estimate of drug-likeness (QED) is 0.287. The molecule has 0 fully saturated rings. The van der Waals surface area contributed by atoms with Gasteiger partial charge in [0, 0.05) is 0 Å². The van der Waals surface area contributed by atoms with Crippen molar-refractivity contribution in [2.75, 3.05) is 0 Å². The molecule has 0 radical (unpaired) electrons. The van der Waals surface area contributed by atoms with Gasteiger partial charge in [-0.15, -0.1) is 0 Å². The molecule has 0 aromatic rings. The van der Waals surface area contributed by atoms with Gasteiger partial charge < -0.3 is 23.9 Å². The zero-order valence-electron chi connectivity index (χ0n) is 5.45. The Hall–Kier alpha value is -0.175. The Morgan fingerprint density at radius 1 is 1.18 bits per heavy atom. The molecule has 58 valence electrons. The maximum atomic E-state index is 9.78. The van der Waals surface area contributed by atoms with Crippen molar-refractivity contribution >= 4 is 19.4 Å². The van der Waals surface area contributed by atoms with E-state index in [9.17, 15) is 8.63 Å². The molecular weight excluding hydrogens is 176 g/mol. The van der Waals surface area contributed by atoms with Crippen LogP contribution in [0, 0.1) is 0 Å². The molecule has 0 amide bonds. The zero-order chi connectivity index (χ0) is 8.73. The van der Waals surface area contributed by atoms with Gasteiger partial charge in [-0.05, 0) is 0 Å². The molecule has 0 spiro atoms. The van der Waals surface area contributed by atoms with Crippen molar-refractivity contribution in [1.82, 2.24) is 0 Å². The van der Waals surface area contributed by atoms with E-state index >= 15 is 0 Å². The summed E-state index contributed by atoms with van der Waals surface area (Å²) in [6.45, 7) is 0. The summed E-state index contributed by atoms with van der Waals surface area (Å²) >= 11 is 0. The van der Waals surface area contributed by atoms with E-state index in [1.807, 2.05) is 0 Å². The molecular formula is C2H2BF2NaO5. The van der Waals surface area contributed by atoms with E-state index in [0.717, 1.165) is 0 Å². The number of halogens is 2. The minimum absolute atomic E-state index is 0. The van der Waals surface area contributed by atoms with Gasteiger partial charge in [-0.1, -0.05) is 0 Å². The molecule has 0 unspecified atom stereocenters. The summed E-state index contributed by atoms with van der Waals surface area (Å²) in [4.78, 5) is 18.2. The van der Waals surface area contributed by atoms with Crippen LogP contribution in [-0.2, 0) is 9.59 Å². The molecule has 0 bridgehead atoms. The van der Waals surface area contributed by atoms with E-state index < -0.39 is 19.4 Å². The average Bonchev–Trinajstić information content (AvgIpc) is 1.63. The predicted molar refractivity (Wildman–Crippen MR) is 23.2 cm³/mol. The number of aliphatic carboxylic acids is 2. The first kappa shape index (κ1) is 17.1. The van der Waals surface area contributed by atoms with Gasteiger partial charge in [0.1, 0.15) is 0 Å². The van der Waals surface area contributed by atoms with Crippen molar-refractivity contribution in [3.05, 3.63) is 0 Å². The maximum absolute atomic E-state index is 9.78. The zero-order valence-corrected chi connectivity index (χ0v) is 7.45. The Bertz CT molecular complexity index is 115. The molecule has 11 heavy (non-hydrogen) atoms. The summed E-state index contributed by atoms with van der Waals surface area (Å²) in [5.41, 5.74) is 0. The number of carboxylic acids is 2. The molecule has 0 aliphatic carbocycles. The number of carboxylic acid groups (broad SMARTS) is 2. The standard InChI is InChI=1S/C2H2O4.BF2O.Na/c3-1(4)2(5)6;2-1(3)4;/h(H,3,4)(H,5,6);;/q;-1;+1. The Morgan fingerprint density at radius 3 is 1.27 bits per heavy atom. The van der Waals surface area contributed by atoms with Gasteiger partial charge in [0.2, 0.25) is 0 Å². The third-order valence-electron chi connectivity index (χ3n) is 0.183. The van der Waals surface area contributed by atoms with Crippen LogP contribution in [0.15, 0.2) is 0 Å². The summed E-state index contributed by atoms with van der Waals surface area (Å²) in [5, 5.41) is 23.0. The van der Waals surface area contributed by atoms with Gasteiger partial charge in [0.15, 0.2) is 0 Å². The Balaban J connectivity index is -0.000000114. The van der Waals surface area contributed by atoms with E-state index in [1.165, 1.54) is 0 Å². The predicted octanol–water partition coefficient (Wildman–Crippen LogP) is -4.57. The van der Waals surface area contributed by atoms with Crippen molar-refractivity contribution in [1.29, 1.82) is 0 Å². The van der Waals surface area contributed by atoms with E-state index in [2.05, 4.69) is 0 Å². The fourth-order valence-corrected chi connectivity index (χ4v) is 0. The Labute approximate surface area is 82.5 Å². The monoisotopic (exact) mass is 178 g/mol. The van der Waals surface area contributed by atoms with E-state index in [4.69, 9.17) is 24.8 Å². The summed E-state index contributed by atoms with van der Waals surface area (Å²) in [6.07, 6.45) is 0. The second kappa shape index (κ2) is 9.82. The van der Waals surface area contributed by atoms with Crippen LogP contribution in [0.4, 0.5) is 8.63 Å². The molecule has 0 rings (SSSR count). The first-order chi connectivity index (χ1) is 4.37. The molecule has 0 aliphatic rings. The number of hydrogen-bond acceptors (Lipinski definition) is 3. The van der Waals surface area contributed by atoms with Gasteiger partial charge in [0.05, 0.1) is 0 Å². The van der Waals surface area contributed by atoms with Crippen molar-refractivity contribution in [2.24, 2.45) is 0 Å². The summed E-state index contributed by atoms with van der Waals surface area (Å²) in [6, 6.07) is 0. The second-order valence-corrected chi connectivity index (χ2v) is 0.871. The third-order valence-corrected chi connectivity index (χ3v) is 0.183. The molecule has 5 nitrogen and oxygen atoms in total. The van der Waals surface area contributed by atoms with E-state index in [0.29, 0.717) is 0 Å². The Kier molecular flexibility index (Phi) is 15.2. The molecule has 0 saturated heterocycles. The molecule has 0 atom stereocenters. The number of hydrogen-bond donors (Lipinski definition) is 2. The third kappa shape index (κ3) is 41.1. The van der Waals surface area contributed by atoms with Crippen LogP contribution >= 0.6 is 0 Å². The van der Waals surface area contributed by atoms with Crippen LogP contribution in [0.1, 0.15) is 0 Å². The number of carbonyl (C=O) groups is 2. The molecule has 0 aromatic carbocycles. The number of rotatable bonds is 0.